The van der Waals surface area contributed by atoms with Crippen molar-refractivity contribution in [3.63, 3.8) is 0 Å². The van der Waals surface area contributed by atoms with Crippen LogP contribution in [-0.4, -0.2) is 42.5 Å². The normalized spacial score (nSPS) is 16.1. The lowest BCUT2D eigenvalue weighted by molar-refractivity contribution is -0.122. The maximum atomic E-state index is 12.5. The van der Waals surface area contributed by atoms with E-state index < -0.39 is 0 Å². The maximum Gasteiger partial charge on any atom is 0.325 e. The van der Waals surface area contributed by atoms with Gasteiger partial charge in [-0.2, -0.15) is 0 Å². The average molecular weight is 317 g/mol. The molecule has 1 aliphatic rings. The molecule has 0 bridgehead atoms. The summed E-state index contributed by atoms with van der Waals surface area (Å²) in [7, 11) is 0. The summed E-state index contributed by atoms with van der Waals surface area (Å²) in [4.78, 5) is 27.8. The van der Waals surface area contributed by atoms with Crippen molar-refractivity contribution in [1.82, 2.24) is 10.2 Å². The summed E-state index contributed by atoms with van der Waals surface area (Å²) >= 11 is 0. The Balaban J connectivity index is 1.97. The number of hydrogen-bond acceptors (Lipinski definition) is 2. The third-order valence-corrected chi connectivity index (χ3v) is 4.32. The number of amides is 3. The van der Waals surface area contributed by atoms with E-state index in [1.54, 1.807) is 9.80 Å². The second kappa shape index (κ2) is 7.49. The number of carbonyl (C=O) groups is 2. The molecule has 1 aromatic rings. The summed E-state index contributed by atoms with van der Waals surface area (Å²) in [6.07, 6.45) is 0.883. The third-order valence-electron chi connectivity index (χ3n) is 4.32. The Morgan fingerprint density at radius 2 is 1.83 bits per heavy atom. The van der Waals surface area contributed by atoms with E-state index in [9.17, 15) is 9.59 Å². The van der Waals surface area contributed by atoms with Crippen molar-refractivity contribution in [2.45, 2.75) is 46.1 Å². The predicted molar refractivity (Wildman–Crippen MR) is 92.7 cm³/mol. The summed E-state index contributed by atoms with van der Waals surface area (Å²) in [5.41, 5.74) is 2.15. The minimum atomic E-state index is -0.0957. The number of rotatable bonds is 6. The Labute approximate surface area is 138 Å². The fraction of sp³-hybridized carbons (Fsp3) is 0.556. The van der Waals surface area contributed by atoms with Crippen molar-refractivity contribution in [2.24, 2.45) is 0 Å². The van der Waals surface area contributed by atoms with Crippen LogP contribution in [0.3, 0.4) is 0 Å². The molecule has 1 aliphatic heterocycles. The summed E-state index contributed by atoms with van der Waals surface area (Å²) in [6, 6.07) is 8.13. The molecule has 1 aromatic carbocycles. The van der Waals surface area contributed by atoms with Gasteiger partial charge in [0, 0.05) is 24.8 Å². The summed E-state index contributed by atoms with van der Waals surface area (Å²) in [5.74, 6) is 0.379. The van der Waals surface area contributed by atoms with Gasteiger partial charge in [0.2, 0.25) is 5.91 Å². The molecule has 0 radical (unpaired) electrons. The molecule has 2 rings (SSSR count). The molecule has 1 unspecified atom stereocenters. The van der Waals surface area contributed by atoms with Gasteiger partial charge in [0.05, 0.1) is 0 Å². The minimum Gasteiger partial charge on any atom is -0.352 e. The van der Waals surface area contributed by atoms with Gasteiger partial charge in [-0.3, -0.25) is 9.69 Å². The monoisotopic (exact) mass is 317 g/mol. The van der Waals surface area contributed by atoms with Gasteiger partial charge in [0.1, 0.15) is 6.54 Å². The lowest BCUT2D eigenvalue weighted by Crippen LogP contribution is -2.42. The Hall–Kier alpha value is -2.04. The van der Waals surface area contributed by atoms with E-state index in [2.05, 4.69) is 31.3 Å². The number of carbonyl (C=O) groups excluding carboxylic acids is 2. The predicted octanol–water partition coefficient (Wildman–Crippen LogP) is 2.97. The van der Waals surface area contributed by atoms with Crippen LogP contribution in [0.15, 0.2) is 24.3 Å². The van der Waals surface area contributed by atoms with Crippen molar-refractivity contribution in [3.8, 4) is 0 Å². The first-order valence-electron chi connectivity index (χ1n) is 8.38. The molecule has 23 heavy (non-hydrogen) atoms. The molecule has 5 heteroatoms. The molecule has 0 aromatic heterocycles. The van der Waals surface area contributed by atoms with E-state index in [0.29, 0.717) is 19.0 Å². The lowest BCUT2D eigenvalue weighted by atomic mass is 10.0. The zero-order chi connectivity index (χ0) is 17.0. The molecule has 0 aliphatic carbocycles. The zero-order valence-corrected chi connectivity index (χ0v) is 14.5. The van der Waals surface area contributed by atoms with E-state index in [0.717, 1.165) is 12.1 Å². The molecule has 126 valence electrons. The molecule has 1 N–H and O–H groups in total. The van der Waals surface area contributed by atoms with Gasteiger partial charge in [-0.15, -0.1) is 0 Å². The van der Waals surface area contributed by atoms with E-state index >= 15 is 0 Å². The van der Waals surface area contributed by atoms with Crippen molar-refractivity contribution in [1.29, 1.82) is 0 Å². The van der Waals surface area contributed by atoms with Crippen LogP contribution in [0.25, 0.3) is 0 Å². The van der Waals surface area contributed by atoms with Gasteiger partial charge in [0.25, 0.3) is 0 Å². The van der Waals surface area contributed by atoms with Gasteiger partial charge in [-0.1, -0.05) is 32.9 Å². The number of urea groups is 1. The Morgan fingerprint density at radius 1 is 1.17 bits per heavy atom. The van der Waals surface area contributed by atoms with E-state index in [1.807, 2.05) is 26.0 Å². The van der Waals surface area contributed by atoms with Gasteiger partial charge in [-0.25, -0.2) is 4.79 Å². The number of benzene rings is 1. The molecule has 1 heterocycles. The van der Waals surface area contributed by atoms with Crippen LogP contribution >= 0.6 is 0 Å². The van der Waals surface area contributed by atoms with Crippen LogP contribution in [0.2, 0.25) is 0 Å². The topological polar surface area (TPSA) is 52.7 Å². The van der Waals surface area contributed by atoms with Gasteiger partial charge < -0.3 is 10.2 Å². The average Bonchev–Trinajstić information content (AvgIpc) is 2.88. The maximum absolute atomic E-state index is 12.5. The first-order valence-corrected chi connectivity index (χ1v) is 8.38. The van der Waals surface area contributed by atoms with Crippen LogP contribution in [0, 0.1) is 0 Å². The van der Waals surface area contributed by atoms with E-state index in [-0.39, 0.29) is 24.5 Å². The highest BCUT2D eigenvalue weighted by Gasteiger charge is 2.30. The Bertz CT molecular complexity index is 554. The number of nitrogens with zero attached hydrogens (tertiary/aromatic N) is 2. The highest BCUT2D eigenvalue weighted by Crippen LogP contribution is 2.23. The molecule has 1 fully saturated rings. The highest BCUT2D eigenvalue weighted by atomic mass is 16.2. The third kappa shape index (κ3) is 4.24. The zero-order valence-electron chi connectivity index (χ0n) is 14.5. The van der Waals surface area contributed by atoms with Crippen LogP contribution in [-0.2, 0) is 4.79 Å². The Morgan fingerprint density at radius 3 is 2.39 bits per heavy atom. The second-order valence-electron chi connectivity index (χ2n) is 6.48. The fourth-order valence-corrected chi connectivity index (χ4v) is 2.60. The van der Waals surface area contributed by atoms with E-state index in [4.69, 9.17) is 0 Å². The Kier molecular flexibility index (Phi) is 5.64. The largest absolute Gasteiger partial charge is 0.352 e. The van der Waals surface area contributed by atoms with E-state index in [1.165, 1.54) is 5.56 Å². The van der Waals surface area contributed by atoms with Gasteiger partial charge in [0.15, 0.2) is 0 Å². The highest BCUT2D eigenvalue weighted by molar-refractivity contribution is 5.96. The molecular formula is C18H27N3O2. The smallest absolute Gasteiger partial charge is 0.325 e. The van der Waals surface area contributed by atoms with Crippen molar-refractivity contribution >= 4 is 17.6 Å². The van der Waals surface area contributed by atoms with Crippen molar-refractivity contribution in [2.75, 3.05) is 24.5 Å². The van der Waals surface area contributed by atoms with Crippen LogP contribution in [0.4, 0.5) is 10.5 Å². The minimum absolute atomic E-state index is 0.0929. The number of nitrogens with one attached hydrogen (secondary N) is 1. The molecule has 5 nitrogen and oxygen atoms in total. The summed E-state index contributed by atoms with van der Waals surface area (Å²) in [6.45, 7) is 9.61. The van der Waals surface area contributed by atoms with Crippen LogP contribution < -0.4 is 10.2 Å². The number of hydrogen-bond donors (Lipinski definition) is 1. The standard InChI is InChI=1S/C18H27N3O2/c1-5-14(4)19-17(22)12-20-10-11-21(18(20)23)16-8-6-15(7-9-16)13(2)3/h6-9,13-14H,5,10-12H2,1-4H3,(H,19,22). The summed E-state index contributed by atoms with van der Waals surface area (Å²) < 4.78 is 0. The molecule has 1 saturated heterocycles. The molecule has 1 atom stereocenters. The molecule has 3 amide bonds. The number of anilines is 1. The van der Waals surface area contributed by atoms with Gasteiger partial charge in [-0.05, 0) is 37.0 Å². The first kappa shape index (κ1) is 17.3. The first-order chi connectivity index (χ1) is 10.9. The van der Waals surface area contributed by atoms with Crippen molar-refractivity contribution in [3.05, 3.63) is 29.8 Å². The summed E-state index contributed by atoms with van der Waals surface area (Å²) in [5, 5.41) is 2.90. The molecular weight excluding hydrogens is 290 g/mol. The second-order valence-corrected chi connectivity index (χ2v) is 6.48. The van der Waals surface area contributed by atoms with Crippen molar-refractivity contribution < 1.29 is 9.59 Å². The fourth-order valence-electron chi connectivity index (χ4n) is 2.60. The van der Waals surface area contributed by atoms with Crippen LogP contribution in [0.5, 0.6) is 0 Å². The molecule has 0 spiro atoms. The molecule has 0 saturated carbocycles. The van der Waals surface area contributed by atoms with Gasteiger partial charge >= 0.3 is 6.03 Å². The SMILES string of the molecule is CCC(C)NC(=O)CN1CCN(c2ccc(C(C)C)cc2)C1=O. The van der Waals surface area contributed by atoms with Crippen LogP contribution in [0.1, 0.15) is 45.6 Å². The quantitative estimate of drug-likeness (QED) is 0.877. The lowest BCUT2D eigenvalue weighted by Gasteiger charge is -2.20.